The molecule has 1 aromatic rings. The Morgan fingerprint density at radius 2 is 2.11 bits per heavy atom. The van der Waals surface area contributed by atoms with Gasteiger partial charge in [-0.25, -0.2) is 4.79 Å². The first kappa shape index (κ1) is 14.0. The highest BCUT2D eigenvalue weighted by Gasteiger charge is 2.06. The van der Waals surface area contributed by atoms with Gasteiger partial charge in [0.1, 0.15) is 5.75 Å². The number of aliphatic carboxylic acids is 1. The second-order valence-electron chi connectivity index (χ2n) is 4.36. The number of carbonyl (C=O) groups excluding carboxylic acids is 1. The van der Waals surface area contributed by atoms with Gasteiger partial charge in [-0.05, 0) is 18.1 Å². The maximum atomic E-state index is 11.6. The lowest BCUT2D eigenvalue weighted by atomic mass is 10.1. The summed E-state index contributed by atoms with van der Waals surface area (Å²) in [4.78, 5) is 21.9. The number of benzene rings is 1. The van der Waals surface area contributed by atoms with Crippen LogP contribution in [-0.4, -0.2) is 23.6 Å². The summed E-state index contributed by atoms with van der Waals surface area (Å²) in [6.07, 6.45) is 0.445. The summed E-state index contributed by atoms with van der Waals surface area (Å²) in [6, 6.07) is 6.66. The Bertz CT molecular complexity index is 429. The van der Waals surface area contributed by atoms with Crippen LogP contribution in [0.1, 0.15) is 20.3 Å². The third-order valence-electron chi connectivity index (χ3n) is 2.07. The van der Waals surface area contributed by atoms with E-state index < -0.39 is 12.6 Å². The molecule has 1 amide bonds. The minimum atomic E-state index is -1.04. The van der Waals surface area contributed by atoms with Crippen molar-refractivity contribution < 1.29 is 19.4 Å². The minimum absolute atomic E-state index is 0.0691. The van der Waals surface area contributed by atoms with Crippen molar-refractivity contribution in [3.05, 3.63) is 24.3 Å². The van der Waals surface area contributed by atoms with Crippen molar-refractivity contribution in [1.29, 1.82) is 0 Å². The Labute approximate surface area is 106 Å². The molecule has 98 valence electrons. The van der Waals surface area contributed by atoms with E-state index in [-0.39, 0.29) is 11.8 Å². The molecule has 2 N–H and O–H groups in total. The van der Waals surface area contributed by atoms with Crippen molar-refractivity contribution in [2.45, 2.75) is 20.3 Å². The molecule has 0 radical (unpaired) electrons. The summed E-state index contributed by atoms with van der Waals surface area (Å²) in [6.45, 7) is 3.53. The van der Waals surface area contributed by atoms with E-state index in [1.54, 1.807) is 24.3 Å². The number of anilines is 1. The fourth-order valence-electron chi connectivity index (χ4n) is 1.39. The van der Waals surface area contributed by atoms with Gasteiger partial charge in [0.2, 0.25) is 5.91 Å². The number of nitrogens with one attached hydrogen (secondary N) is 1. The highest BCUT2D eigenvalue weighted by Crippen LogP contribution is 2.17. The number of ether oxygens (including phenoxy) is 1. The Balaban J connectivity index is 2.59. The summed E-state index contributed by atoms with van der Waals surface area (Å²) in [5.74, 6) is -0.402. The zero-order valence-electron chi connectivity index (χ0n) is 10.5. The predicted octanol–water partition coefficient (Wildman–Crippen LogP) is 2.13. The van der Waals surface area contributed by atoms with Crippen molar-refractivity contribution in [2.75, 3.05) is 11.9 Å². The molecule has 1 rings (SSSR count). The zero-order valence-corrected chi connectivity index (χ0v) is 10.5. The first-order chi connectivity index (χ1) is 8.47. The van der Waals surface area contributed by atoms with E-state index in [2.05, 4.69) is 5.32 Å². The number of amides is 1. The topological polar surface area (TPSA) is 75.6 Å². The molecule has 0 heterocycles. The number of carbonyl (C=O) groups is 2. The first-order valence-corrected chi connectivity index (χ1v) is 5.72. The number of hydrogen-bond acceptors (Lipinski definition) is 3. The van der Waals surface area contributed by atoms with E-state index in [0.717, 1.165) is 0 Å². The Kier molecular flexibility index (Phi) is 5.17. The molecule has 0 aliphatic rings. The van der Waals surface area contributed by atoms with E-state index in [4.69, 9.17) is 9.84 Å². The van der Waals surface area contributed by atoms with Crippen molar-refractivity contribution in [1.82, 2.24) is 0 Å². The Morgan fingerprint density at radius 3 is 2.72 bits per heavy atom. The van der Waals surface area contributed by atoms with Gasteiger partial charge in [-0.15, -0.1) is 0 Å². The third-order valence-corrected chi connectivity index (χ3v) is 2.07. The van der Waals surface area contributed by atoms with Gasteiger partial charge in [0.25, 0.3) is 0 Å². The van der Waals surface area contributed by atoms with Gasteiger partial charge in [-0.2, -0.15) is 0 Å². The molecule has 0 aromatic heterocycles. The molecule has 0 saturated carbocycles. The molecule has 0 aliphatic heterocycles. The summed E-state index contributed by atoms with van der Waals surface area (Å²) in [5.41, 5.74) is 0.600. The monoisotopic (exact) mass is 251 g/mol. The second kappa shape index (κ2) is 6.64. The number of carboxylic acid groups (broad SMARTS) is 1. The molecule has 0 fully saturated rings. The van der Waals surface area contributed by atoms with Crippen LogP contribution in [0, 0.1) is 5.92 Å². The van der Waals surface area contributed by atoms with E-state index >= 15 is 0 Å². The molecule has 0 saturated heterocycles. The molecule has 18 heavy (non-hydrogen) atoms. The van der Waals surface area contributed by atoms with Crippen LogP contribution in [0.2, 0.25) is 0 Å². The molecule has 5 nitrogen and oxygen atoms in total. The van der Waals surface area contributed by atoms with Crippen LogP contribution in [0.25, 0.3) is 0 Å². The van der Waals surface area contributed by atoms with Crippen LogP contribution >= 0.6 is 0 Å². The van der Waals surface area contributed by atoms with Gasteiger partial charge in [0.05, 0.1) is 0 Å². The van der Waals surface area contributed by atoms with Gasteiger partial charge in [-0.3, -0.25) is 4.79 Å². The van der Waals surface area contributed by atoms with Gasteiger partial charge >= 0.3 is 5.97 Å². The van der Waals surface area contributed by atoms with Crippen LogP contribution in [0.3, 0.4) is 0 Å². The summed E-state index contributed by atoms with van der Waals surface area (Å²) < 4.78 is 5.02. The highest BCUT2D eigenvalue weighted by molar-refractivity contribution is 5.91. The third kappa shape index (κ3) is 5.34. The minimum Gasteiger partial charge on any atom is -0.482 e. The van der Waals surface area contributed by atoms with Crippen LogP contribution in [0.5, 0.6) is 5.75 Å². The van der Waals surface area contributed by atoms with E-state index in [1.807, 2.05) is 13.8 Å². The number of hydrogen-bond donors (Lipinski definition) is 2. The Hall–Kier alpha value is -2.04. The molecule has 0 spiro atoms. The zero-order chi connectivity index (χ0) is 13.5. The van der Waals surface area contributed by atoms with Crippen LogP contribution in [0.15, 0.2) is 24.3 Å². The van der Waals surface area contributed by atoms with Crippen molar-refractivity contribution in [2.24, 2.45) is 5.92 Å². The van der Waals surface area contributed by atoms with E-state index in [1.165, 1.54) is 0 Å². The average molecular weight is 251 g/mol. The lowest BCUT2D eigenvalue weighted by Crippen LogP contribution is -2.14. The summed E-state index contributed by atoms with van der Waals surface area (Å²) in [7, 11) is 0. The van der Waals surface area contributed by atoms with Crippen LogP contribution in [0.4, 0.5) is 5.69 Å². The molecular formula is C13H17NO4. The lowest BCUT2D eigenvalue weighted by Gasteiger charge is -2.09. The lowest BCUT2D eigenvalue weighted by molar-refractivity contribution is -0.139. The molecule has 0 unspecified atom stereocenters. The highest BCUT2D eigenvalue weighted by atomic mass is 16.5. The maximum absolute atomic E-state index is 11.6. The largest absolute Gasteiger partial charge is 0.482 e. The normalized spacial score (nSPS) is 10.2. The number of rotatable bonds is 6. The van der Waals surface area contributed by atoms with Gasteiger partial charge in [-0.1, -0.05) is 19.9 Å². The SMILES string of the molecule is CC(C)CC(=O)Nc1cccc(OCC(=O)O)c1. The van der Waals surface area contributed by atoms with Gasteiger partial charge < -0.3 is 15.2 Å². The predicted molar refractivity (Wildman–Crippen MR) is 67.7 cm³/mol. The van der Waals surface area contributed by atoms with E-state index in [0.29, 0.717) is 17.9 Å². The van der Waals surface area contributed by atoms with Gasteiger partial charge in [0.15, 0.2) is 6.61 Å². The summed E-state index contributed by atoms with van der Waals surface area (Å²) in [5, 5.41) is 11.2. The summed E-state index contributed by atoms with van der Waals surface area (Å²) >= 11 is 0. The average Bonchev–Trinajstić information content (AvgIpc) is 2.25. The maximum Gasteiger partial charge on any atom is 0.341 e. The molecular weight excluding hydrogens is 234 g/mol. The number of carboxylic acids is 1. The van der Waals surface area contributed by atoms with Crippen molar-refractivity contribution >= 4 is 17.6 Å². The molecule has 5 heteroatoms. The molecule has 0 atom stereocenters. The first-order valence-electron chi connectivity index (χ1n) is 5.72. The second-order valence-corrected chi connectivity index (χ2v) is 4.36. The Morgan fingerprint density at radius 1 is 1.39 bits per heavy atom. The quantitative estimate of drug-likeness (QED) is 0.812. The fourth-order valence-corrected chi connectivity index (χ4v) is 1.39. The smallest absolute Gasteiger partial charge is 0.341 e. The standard InChI is InChI=1S/C13H17NO4/c1-9(2)6-12(15)14-10-4-3-5-11(7-10)18-8-13(16)17/h3-5,7,9H,6,8H2,1-2H3,(H,14,15)(H,16,17). The molecule has 1 aromatic carbocycles. The van der Waals surface area contributed by atoms with Gasteiger partial charge in [0, 0.05) is 18.2 Å². The van der Waals surface area contributed by atoms with Crippen molar-refractivity contribution in [3.63, 3.8) is 0 Å². The fraction of sp³-hybridized carbons (Fsp3) is 0.385. The molecule has 0 aliphatic carbocycles. The van der Waals surface area contributed by atoms with Crippen molar-refractivity contribution in [3.8, 4) is 5.75 Å². The van der Waals surface area contributed by atoms with Crippen LogP contribution < -0.4 is 10.1 Å². The van der Waals surface area contributed by atoms with E-state index in [9.17, 15) is 9.59 Å². The molecule has 0 bridgehead atoms. The van der Waals surface area contributed by atoms with Crippen LogP contribution in [-0.2, 0) is 9.59 Å².